The molecule has 0 spiro atoms. The third-order valence-electron chi connectivity index (χ3n) is 1.89. The Labute approximate surface area is 97.0 Å². The van der Waals surface area contributed by atoms with Gasteiger partial charge in [-0.25, -0.2) is 4.98 Å². The number of hydrogen-bond donors (Lipinski definition) is 1. The lowest BCUT2D eigenvalue weighted by molar-refractivity contribution is 0.512. The second kappa shape index (κ2) is 4.55. The van der Waals surface area contributed by atoms with Gasteiger partial charge in [-0.1, -0.05) is 29.3 Å². The molecule has 0 saturated heterocycles. The van der Waals surface area contributed by atoms with E-state index in [-0.39, 0.29) is 0 Å². The number of halogens is 2. The molecule has 0 aliphatic carbocycles. The van der Waals surface area contributed by atoms with Crippen LogP contribution in [0.2, 0.25) is 10.0 Å². The highest BCUT2D eigenvalue weighted by molar-refractivity contribution is 6.39. The molecule has 1 aromatic heterocycles. The average Bonchev–Trinajstić information content (AvgIpc) is 2.70. The minimum Gasteiger partial charge on any atom is -0.447 e. The van der Waals surface area contributed by atoms with E-state index in [1.165, 1.54) is 6.39 Å². The number of aromatic nitrogens is 1. The van der Waals surface area contributed by atoms with E-state index < -0.39 is 0 Å². The SMILES string of the molecule is Clc1cccc(Cl)c1NCc1cnco1. The van der Waals surface area contributed by atoms with E-state index in [0.717, 1.165) is 5.76 Å². The first-order chi connectivity index (χ1) is 7.27. The smallest absolute Gasteiger partial charge is 0.180 e. The summed E-state index contributed by atoms with van der Waals surface area (Å²) in [6, 6.07) is 5.34. The molecule has 15 heavy (non-hydrogen) atoms. The number of anilines is 1. The summed E-state index contributed by atoms with van der Waals surface area (Å²) in [6.07, 6.45) is 3.02. The van der Waals surface area contributed by atoms with Gasteiger partial charge >= 0.3 is 0 Å². The summed E-state index contributed by atoms with van der Waals surface area (Å²) in [7, 11) is 0. The molecule has 0 radical (unpaired) electrons. The van der Waals surface area contributed by atoms with Gasteiger partial charge in [-0.15, -0.1) is 0 Å². The average molecular weight is 243 g/mol. The maximum atomic E-state index is 5.98. The van der Waals surface area contributed by atoms with Crippen LogP contribution in [0, 0.1) is 0 Å². The zero-order valence-corrected chi connectivity index (χ0v) is 9.22. The normalized spacial score (nSPS) is 10.3. The van der Waals surface area contributed by atoms with Gasteiger partial charge in [-0.2, -0.15) is 0 Å². The monoisotopic (exact) mass is 242 g/mol. The van der Waals surface area contributed by atoms with Crippen LogP contribution in [0.15, 0.2) is 35.2 Å². The van der Waals surface area contributed by atoms with Crippen LogP contribution >= 0.6 is 23.2 Å². The molecule has 0 fully saturated rings. The molecule has 2 aromatic rings. The Balaban J connectivity index is 2.11. The quantitative estimate of drug-likeness (QED) is 0.894. The molecule has 0 unspecified atom stereocenters. The maximum Gasteiger partial charge on any atom is 0.180 e. The molecule has 0 bridgehead atoms. The fraction of sp³-hybridized carbons (Fsp3) is 0.100. The van der Waals surface area contributed by atoms with Gasteiger partial charge in [0.1, 0.15) is 5.76 Å². The number of rotatable bonds is 3. The zero-order chi connectivity index (χ0) is 10.7. The topological polar surface area (TPSA) is 38.1 Å². The summed E-state index contributed by atoms with van der Waals surface area (Å²) >= 11 is 12.0. The van der Waals surface area contributed by atoms with Crippen molar-refractivity contribution in [2.24, 2.45) is 0 Å². The van der Waals surface area contributed by atoms with E-state index >= 15 is 0 Å². The van der Waals surface area contributed by atoms with Crippen LogP contribution in [-0.2, 0) is 6.54 Å². The zero-order valence-electron chi connectivity index (χ0n) is 7.71. The van der Waals surface area contributed by atoms with Crippen molar-refractivity contribution in [3.63, 3.8) is 0 Å². The Morgan fingerprint density at radius 1 is 1.27 bits per heavy atom. The van der Waals surface area contributed by atoms with Gasteiger partial charge in [0.2, 0.25) is 0 Å². The minimum absolute atomic E-state index is 0.503. The van der Waals surface area contributed by atoms with Gasteiger partial charge in [-0.05, 0) is 12.1 Å². The van der Waals surface area contributed by atoms with Gasteiger partial charge in [0.25, 0.3) is 0 Å². The van der Waals surface area contributed by atoms with Crippen molar-refractivity contribution in [3.8, 4) is 0 Å². The molecule has 1 heterocycles. The van der Waals surface area contributed by atoms with Crippen LogP contribution < -0.4 is 5.32 Å². The first-order valence-corrected chi connectivity index (χ1v) is 5.08. The van der Waals surface area contributed by atoms with Crippen molar-refractivity contribution in [2.45, 2.75) is 6.54 Å². The van der Waals surface area contributed by atoms with Crippen molar-refractivity contribution in [1.29, 1.82) is 0 Å². The fourth-order valence-electron chi connectivity index (χ4n) is 1.17. The van der Waals surface area contributed by atoms with E-state index in [1.807, 2.05) is 0 Å². The van der Waals surface area contributed by atoms with E-state index in [9.17, 15) is 0 Å². The third kappa shape index (κ3) is 2.43. The third-order valence-corrected chi connectivity index (χ3v) is 2.52. The van der Waals surface area contributed by atoms with Crippen molar-refractivity contribution in [3.05, 3.63) is 46.6 Å². The summed E-state index contributed by atoms with van der Waals surface area (Å²) in [5, 5.41) is 4.26. The molecular weight excluding hydrogens is 235 g/mol. The number of para-hydroxylation sites is 1. The molecule has 0 saturated carbocycles. The Morgan fingerprint density at radius 2 is 2.00 bits per heavy atom. The maximum absolute atomic E-state index is 5.98. The summed E-state index contributed by atoms with van der Waals surface area (Å²) in [4.78, 5) is 3.81. The standard InChI is InChI=1S/C10H8Cl2N2O/c11-8-2-1-3-9(12)10(8)14-5-7-4-13-6-15-7/h1-4,6,14H,5H2. The number of benzene rings is 1. The molecule has 1 N–H and O–H groups in total. The van der Waals surface area contributed by atoms with Crippen molar-refractivity contribution in [1.82, 2.24) is 4.98 Å². The Kier molecular flexibility index (Phi) is 3.14. The van der Waals surface area contributed by atoms with E-state index in [0.29, 0.717) is 22.3 Å². The summed E-state index contributed by atoms with van der Waals surface area (Å²) < 4.78 is 5.08. The van der Waals surface area contributed by atoms with Crippen LogP contribution in [-0.4, -0.2) is 4.98 Å². The Morgan fingerprint density at radius 3 is 2.60 bits per heavy atom. The predicted molar refractivity (Wildman–Crippen MR) is 60.3 cm³/mol. The van der Waals surface area contributed by atoms with Gasteiger partial charge in [-0.3, -0.25) is 0 Å². The second-order valence-electron chi connectivity index (χ2n) is 2.92. The summed E-state index contributed by atoms with van der Waals surface area (Å²) in [5.74, 6) is 0.728. The molecule has 0 amide bonds. The first kappa shape index (κ1) is 10.3. The largest absolute Gasteiger partial charge is 0.447 e. The predicted octanol–water partition coefficient (Wildman–Crippen LogP) is 3.59. The van der Waals surface area contributed by atoms with Gasteiger partial charge in [0, 0.05) is 0 Å². The summed E-state index contributed by atoms with van der Waals surface area (Å²) in [5.41, 5.74) is 0.706. The Hall–Kier alpha value is -1.19. The molecule has 2 rings (SSSR count). The molecule has 1 aromatic carbocycles. The number of hydrogen-bond acceptors (Lipinski definition) is 3. The molecule has 0 aliphatic heterocycles. The van der Waals surface area contributed by atoms with Crippen molar-refractivity contribution < 1.29 is 4.42 Å². The van der Waals surface area contributed by atoms with Crippen LogP contribution in [0.3, 0.4) is 0 Å². The van der Waals surface area contributed by atoms with Crippen LogP contribution in [0.5, 0.6) is 0 Å². The minimum atomic E-state index is 0.503. The summed E-state index contributed by atoms with van der Waals surface area (Å²) in [6.45, 7) is 0.503. The van der Waals surface area contributed by atoms with E-state index in [4.69, 9.17) is 27.6 Å². The van der Waals surface area contributed by atoms with Gasteiger partial charge in [0.05, 0.1) is 28.5 Å². The van der Waals surface area contributed by atoms with E-state index in [1.54, 1.807) is 24.4 Å². The number of nitrogens with zero attached hydrogens (tertiary/aromatic N) is 1. The van der Waals surface area contributed by atoms with Crippen LogP contribution in [0.25, 0.3) is 0 Å². The lowest BCUT2D eigenvalue weighted by atomic mass is 10.3. The molecule has 0 atom stereocenters. The van der Waals surface area contributed by atoms with Crippen molar-refractivity contribution >= 4 is 28.9 Å². The lowest BCUT2D eigenvalue weighted by Gasteiger charge is -2.08. The highest BCUT2D eigenvalue weighted by Crippen LogP contribution is 2.30. The molecule has 5 heteroatoms. The van der Waals surface area contributed by atoms with Gasteiger partial charge in [0.15, 0.2) is 6.39 Å². The van der Waals surface area contributed by atoms with E-state index in [2.05, 4.69) is 10.3 Å². The van der Waals surface area contributed by atoms with Crippen LogP contribution in [0.1, 0.15) is 5.76 Å². The Bertz CT molecular complexity index is 422. The number of nitrogens with one attached hydrogen (secondary N) is 1. The first-order valence-electron chi connectivity index (χ1n) is 4.32. The van der Waals surface area contributed by atoms with Gasteiger partial charge < -0.3 is 9.73 Å². The molecule has 0 aliphatic rings. The highest BCUT2D eigenvalue weighted by atomic mass is 35.5. The highest BCUT2D eigenvalue weighted by Gasteiger charge is 2.05. The molecule has 3 nitrogen and oxygen atoms in total. The van der Waals surface area contributed by atoms with Crippen LogP contribution in [0.4, 0.5) is 5.69 Å². The lowest BCUT2D eigenvalue weighted by Crippen LogP contribution is -1.99. The molecular formula is C10H8Cl2N2O. The number of oxazole rings is 1. The van der Waals surface area contributed by atoms with Crippen molar-refractivity contribution in [2.75, 3.05) is 5.32 Å². The fourth-order valence-corrected chi connectivity index (χ4v) is 1.70. The molecule has 78 valence electrons. The second-order valence-corrected chi connectivity index (χ2v) is 3.73.